The molecule has 0 fully saturated rings. The molecule has 1 rings (SSSR count). The highest BCUT2D eigenvalue weighted by molar-refractivity contribution is 7.89. The molecule has 0 spiro atoms. The molecule has 0 radical (unpaired) electrons. The molecule has 6 heteroatoms. The summed E-state index contributed by atoms with van der Waals surface area (Å²) in [6.07, 6.45) is 0. The highest BCUT2D eigenvalue weighted by Crippen LogP contribution is 2.08. The van der Waals surface area contributed by atoms with Crippen molar-refractivity contribution >= 4 is 15.9 Å². The summed E-state index contributed by atoms with van der Waals surface area (Å²) in [5.74, 6) is -0.283. The van der Waals surface area contributed by atoms with Crippen LogP contribution in [-0.4, -0.2) is 20.9 Å². The zero-order valence-electron chi connectivity index (χ0n) is 9.43. The van der Waals surface area contributed by atoms with E-state index in [-0.39, 0.29) is 10.8 Å². The van der Waals surface area contributed by atoms with Crippen LogP contribution in [0.2, 0.25) is 0 Å². The van der Waals surface area contributed by atoms with Crippen molar-refractivity contribution in [3.8, 4) is 0 Å². The van der Waals surface area contributed by atoms with Gasteiger partial charge in [-0.15, -0.1) is 0 Å². The first-order valence-corrected chi connectivity index (χ1v) is 6.41. The number of hydrogen-bond acceptors (Lipinski definition) is 3. The molecule has 3 N–H and O–H groups in total. The van der Waals surface area contributed by atoms with Gasteiger partial charge in [0.05, 0.1) is 4.90 Å². The van der Waals surface area contributed by atoms with Crippen LogP contribution in [0.15, 0.2) is 41.3 Å². The summed E-state index contributed by atoms with van der Waals surface area (Å²) in [6.45, 7) is 5.84. The van der Waals surface area contributed by atoms with Gasteiger partial charge in [0.2, 0.25) is 10.0 Å². The van der Waals surface area contributed by atoms with Crippen molar-refractivity contribution in [2.75, 3.05) is 6.54 Å². The van der Waals surface area contributed by atoms with E-state index in [0.717, 1.165) is 5.57 Å². The molecule has 0 bridgehead atoms. The van der Waals surface area contributed by atoms with Gasteiger partial charge in [-0.25, -0.2) is 13.6 Å². The number of hydrogen-bond donors (Lipinski definition) is 2. The van der Waals surface area contributed by atoms with Crippen LogP contribution in [0, 0.1) is 0 Å². The van der Waals surface area contributed by atoms with Crippen LogP contribution in [0.5, 0.6) is 0 Å². The van der Waals surface area contributed by atoms with Crippen LogP contribution in [0.4, 0.5) is 0 Å². The number of sulfonamides is 1. The fourth-order valence-corrected chi connectivity index (χ4v) is 1.64. The van der Waals surface area contributed by atoms with Gasteiger partial charge in [-0.05, 0) is 31.2 Å². The van der Waals surface area contributed by atoms with E-state index in [0.29, 0.717) is 12.1 Å². The first-order valence-electron chi connectivity index (χ1n) is 4.86. The minimum Gasteiger partial charge on any atom is -0.348 e. The number of primary sulfonamides is 1. The van der Waals surface area contributed by atoms with Crippen molar-refractivity contribution in [3.63, 3.8) is 0 Å². The van der Waals surface area contributed by atoms with Crippen LogP contribution in [0.25, 0.3) is 0 Å². The second-order valence-electron chi connectivity index (χ2n) is 3.71. The molecule has 1 aromatic rings. The normalized spacial score (nSPS) is 10.9. The molecule has 0 saturated heterocycles. The second kappa shape index (κ2) is 5.11. The standard InChI is InChI=1S/C11H14N2O3S/c1-8(2)7-13-11(14)9-3-5-10(6-4-9)17(12,15)16/h3-6H,1,7H2,2H3,(H,13,14)(H2,12,15,16). The maximum atomic E-state index is 11.6. The number of carbonyl (C=O) groups is 1. The molecule has 0 saturated carbocycles. The van der Waals surface area contributed by atoms with Crippen molar-refractivity contribution in [2.45, 2.75) is 11.8 Å². The first-order chi connectivity index (χ1) is 7.80. The fraction of sp³-hybridized carbons (Fsp3) is 0.182. The predicted molar refractivity (Wildman–Crippen MR) is 65.0 cm³/mol. The van der Waals surface area contributed by atoms with Crippen LogP contribution in [0.3, 0.4) is 0 Å². The van der Waals surface area contributed by atoms with Crippen LogP contribution in [-0.2, 0) is 10.0 Å². The number of benzene rings is 1. The Labute approximate surface area is 100 Å². The average Bonchev–Trinajstić information content (AvgIpc) is 2.25. The van der Waals surface area contributed by atoms with E-state index in [9.17, 15) is 13.2 Å². The molecule has 1 aromatic carbocycles. The fourth-order valence-electron chi connectivity index (χ4n) is 1.13. The minimum absolute atomic E-state index is 0.0195. The van der Waals surface area contributed by atoms with Crippen LogP contribution in [0.1, 0.15) is 17.3 Å². The lowest BCUT2D eigenvalue weighted by Crippen LogP contribution is -2.24. The number of nitrogens with two attached hydrogens (primary N) is 1. The third-order valence-corrected chi connectivity index (χ3v) is 2.92. The summed E-state index contributed by atoms with van der Waals surface area (Å²) in [6, 6.07) is 5.41. The quantitative estimate of drug-likeness (QED) is 0.773. The summed E-state index contributed by atoms with van der Waals surface area (Å²) in [4.78, 5) is 11.6. The SMILES string of the molecule is C=C(C)CNC(=O)c1ccc(S(N)(=O)=O)cc1. The predicted octanol–water partition coefficient (Wildman–Crippen LogP) is 0.640. The molecule has 0 unspecified atom stereocenters. The smallest absolute Gasteiger partial charge is 0.251 e. The molecule has 0 aliphatic carbocycles. The third kappa shape index (κ3) is 4.01. The van der Waals surface area contributed by atoms with Gasteiger partial charge in [-0.3, -0.25) is 4.79 Å². The Bertz CT molecular complexity index is 532. The van der Waals surface area contributed by atoms with E-state index < -0.39 is 10.0 Å². The van der Waals surface area contributed by atoms with Gasteiger partial charge in [0.1, 0.15) is 0 Å². The summed E-state index contributed by atoms with van der Waals surface area (Å²) in [5.41, 5.74) is 1.21. The lowest BCUT2D eigenvalue weighted by Gasteiger charge is -2.05. The molecule has 92 valence electrons. The Balaban J connectivity index is 2.81. The maximum Gasteiger partial charge on any atom is 0.251 e. The Morgan fingerprint density at radius 1 is 1.35 bits per heavy atom. The topological polar surface area (TPSA) is 89.3 Å². The second-order valence-corrected chi connectivity index (χ2v) is 5.27. The number of rotatable bonds is 4. The number of amides is 1. The van der Waals surface area contributed by atoms with Crippen molar-refractivity contribution in [1.29, 1.82) is 0 Å². The Morgan fingerprint density at radius 3 is 2.29 bits per heavy atom. The molecule has 0 aliphatic rings. The number of nitrogens with one attached hydrogen (secondary N) is 1. The maximum absolute atomic E-state index is 11.6. The molecule has 1 amide bonds. The van der Waals surface area contributed by atoms with Gasteiger partial charge in [-0.2, -0.15) is 0 Å². The van der Waals surface area contributed by atoms with Gasteiger partial charge >= 0.3 is 0 Å². The summed E-state index contributed by atoms with van der Waals surface area (Å²) >= 11 is 0. The zero-order valence-corrected chi connectivity index (χ0v) is 10.3. The Hall–Kier alpha value is -1.66. The summed E-state index contributed by atoms with van der Waals surface area (Å²) in [7, 11) is -3.72. The van der Waals surface area contributed by atoms with Gasteiger partial charge in [0.25, 0.3) is 5.91 Å². The van der Waals surface area contributed by atoms with E-state index in [1.54, 1.807) is 6.92 Å². The molecule has 0 aliphatic heterocycles. The van der Waals surface area contributed by atoms with Crippen molar-refractivity contribution in [1.82, 2.24) is 5.32 Å². The highest BCUT2D eigenvalue weighted by Gasteiger charge is 2.09. The molecule has 0 aromatic heterocycles. The van der Waals surface area contributed by atoms with E-state index in [4.69, 9.17) is 5.14 Å². The largest absolute Gasteiger partial charge is 0.348 e. The van der Waals surface area contributed by atoms with E-state index in [1.807, 2.05) is 0 Å². The Kier molecular flexibility index (Phi) is 4.03. The molecule has 5 nitrogen and oxygen atoms in total. The minimum atomic E-state index is -3.72. The van der Waals surface area contributed by atoms with Crippen molar-refractivity contribution in [2.24, 2.45) is 5.14 Å². The molecule has 0 heterocycles. The average molecular weight is 254 g/mol. The van der Waals surface area contributed by atoms with E-state index >= 15 is 0 Å². The van der Waals surface area contributed by atoms with Crippen LogP contribution < -0.4 is 10.5 Å². The Morgan fingerprint density at radius 2 is 1.88 bits per heavy atom. The monoisotopic (exact) mass is 254 g/mol. The van der Waals surface area contributed by atoms with Crippen LogP contribution >= 0.6 is 0 Å². The summed E-state index contributed by atoms with van der Waals surface area (Å²) < 4.78 is 22.0. The third-order valence-electron chi connectivity index (χ3n) is 2.00. The van der Waals surface area contributed by atoms with Gasteiger partial charge in [0, 0.05) is 12.1 Å². The first kappa shape index (κ1) is 13.4. The molecular weight excluding hydrogens is 240 g/mol. The van der Waals surface area contributed by atoms with Gasteiger partial charge in [-0.1, -0.05) is 12.2 Å². The zero-order chi connectivity index (χ0) is 13.1. The highest BCUT2D eigenvalue weighted by atomic mass is 32.2. The van der Waals surface area contributed by atoms with E-state index in [2.05, 4.69) is 11.9 Å². The van der Waals surface area contributed by atoms with E-state index in [1.165, 1.54) is 24.3 Å². The van der Waals surface area contributed by atoms with Gasteiger partial charge < -0.3 is 5.32 Å². The number of carbonyl (C=O) groups excluding carboxylic acids is 1. The molecule has 0 atom stereocenters. The van der Waals surface area contributed by atoms with Crippen molar-refractivity contribution in [3.05, 3.63) is 42.0 Å². The molecular formula is C11H14N2O3S. The lowest BCUT2D eigenvalue weighted by atomic mass is 10.2. The van der Waals surface area contributed by atoms with Crippen molar-refractivity contribution < 1.29 is 13.2 Å². The molecule has 17 heavy (non-hydrogen) atoms. The lowest BCUT2D eigenvalue weighted by molar-refractivity contribution is 0.0957. The van der Waals surface area contributed by atoms with Gasteiger partial charge in [0.15, 0.2) is 0 Å². The summed E-state index contributed by atoms with van der Waals surface area (Å²) in [5, 5.41) is 7.58.